The molecule has 0 aliphatic carbocycles. The number of nitrogens with zero attached hydrogens (tertiary/aromatic N) is 2. The van der Waals surface area contributed by atoms with Gasteiger partial charge < -0.3 is 15.1 Å². The molecule has 0 amide bonds. The molecule has 0 bridgehead atoms. The number of likely N-dealkylation sites (N-methyl/N-ethyl adjacent to an activating group) is 2. The van der Waals surface area contributed by atoms with E-state index in [-0.39, 0.29) is 5.41 Å². The summed E-state index contributed by atoms with van der Waals surface area (Å²) < 4.78 is 0. The second-order valence-corrected chi connectivity index (χ2v) is 6.85. The third-order valence-electron chi connectivity index (χ3n) is 4.79. The monoisotopic (exact) mass is 289 g/mol. The van der Waals surface area contributed by atoms with Crippen LogP contribution in [0.1, 0.15) is 25.8 Å². The molecule has 118 valence electrons. The van der Waals surface area contributed by atoms with Crippen molar-refractivity contribution in [1.29, 1.82) is 0 Å². The fraction of sp³-hybridized carbons (Fsp3) is 0.667. The van der Waals surface area contributed by atoms with Crippen molar-refractivity contribution < 1.29 is 0 Å². The maximum atomic E-state index is 3.56. The molecular formula is C18H31N3. The summed E-state index contributed by atoms with van der Waals surface area (Å²) in [5.74, 6) is 0. The topological polar surface area (TPSA) is 18.5 Å². The van der Waals surface area contributed by atoms with Gasteiger partial charge in [-0.3, -0.25) is 0 Å². The maximum Gasteiger partial charge on any atom is 0.0229 e. The van der Waals surface area contributed by atoms with Gasteiger partial charge >= 0.3 is 0 Å². The van der Waals surface area contributed by atoms with Gasteiger partial charge in [0.05, 0.1) is 0 Å². The summed E-state index contributed by atoms with van der Waals surface area (Å²) in [6.07, 6.45) is 1.29. The van der Waals surface area contributed by atoms with E-state index < -0.39 is 0 Å². The standard InChI is InChI=1S/C18H31N3/c1-5-19-14-18(2,16-9-7-6-8-10-16)15-21-12-11-17(13-21)20(3)4/h6-10,17,19H,5,11-15H2,1-4H3. The van der Waals surface area contributed by atoms with Crippen LogP contribution in [-0.4, -0.2) is 62.7 Å². The van der Waals surface area contributed by atoms with E-state index in [1.807, 2.05) is 0 Å². The molecule has 1 aliphatic rings. The van der Waals surface area contributed by atoms with E-state index in [0.29, 0.717) is 6.04 Å². The number of hydrogen-bond donors (Lipinski definition) is 1. The van der Waals surface area contributed by atoms with Crippen LogP contribution in [0, 0.1) is 0 Å². The van der Waals surface area contributed by atoms with E-state index in [0.717, 1.165) is 19.6 Å². The van der Waals surface area contributed by atoms with Crippen LogP contribution in [0.5, 0.6) is 0 Å². The minimum atomic E-state index is 0.179. The second-order valence-electron chi connectivity index (χ2n) is 6.85. The van der Waals surface area contributed by atoms with Gasteiger partial charge in [0.25, 0.3) is 0 Å². The Balaban J connectivity index is 2.07. The minimum Gasteiger partial charge on any atom is -0.316 e. The van der Waals surface area contributed by atoms with Crippen LogP contribution >= 0.6 is 0 Å². The molecule has 0 radical (unpaired) electrons. The largest absolute Gasteiger partial charge is 0.316 e. The first-order chi connectivity index (χ1) is 10.0. The summed E-state index contributed by atoms with van der Waals surface area (Å²) in [4.78, 5) is 5.00. The fourth-order valence-electron chi connectivity index (χ4n) is 3.36. The van der Waals surface area contributed by atoms with Crippen LogP contribution < -0.4 is 5.32 Å². The lowest BCUT2D eigenvalue weighted by Gasteiger charge is -2.35. The van der Waals surface area contributed by atoms with E-state index in [1.165, 1.54) is 25.1 Å². The summed E-state index contributed by atoms with van der Waals surface area (Å²) in [7, 11) is 4.40. The Morgan fingerprint density at radius 3 is 2.57 bits per heavy atom. The summed E-state index contributed by atoms with van der Waals surface area (Å²) in [5.41, 5.74) is 1.62. The zero-order valence-electron chi connectivity index (χ0n) is 14.1. The predicted octanol–water partition coefficient (Wildman–Crippen LogP) is 2.19. The van der Waals surface area contributed by atoms with Crippen molar-refractivity contribution in [2.24, 2.45) is 0 Å². The van der Waals surface area contributed by atoms with E-state index in [2.05, 4.69) is 73.4 Å². The third kappa shape index (κ3) is 4.29. The van der Waals surface area contributed by atoms with Crippen molar-refractivity contribution in [3.05, 3.63) is 35.9 Å². The lowest BCUT2D eigenvalue weighted by Crippen LogP contribution is -2.45. The Labute approximate surface area is 130 Å². The molecule has 0 aromatic heterocycles. The number of hydrogen-bond acceptors (Lipinski definition) is 3. The second kappa shape index (κ2) is 7.39. The van der Waals surface area contributed by atoms with Gasteiger partial charge in [0.2, 0.25) is 0 Å². The van der Waals surface area contributed by atoms with Crippen molar-refractivity contribution in [2.45, 2.75) is 31.7 Å². The lowest BCUT2D eigenvalue weighted by molar-refractivity contribution is 0.225. The van der Waals surface area contributed by atoms with Gasteiger partial charge in [0.1, 0.15) is 0 Å². The van der Waals surface area contributed by atoms with Crippen LogP contribution in [0.4, 0.5) is 0 Å². The number of likely N-dealkylation sites (tertiary alicyclic amines) is 1. The van der Waals surface area contributed by atoms with Crippen LogP contribution in [0.3, 0.4) is 0 Å². The minimum absolute atomic E-state index is 0.179. The van der Waals surface area contributed by atoms with E-state index in [4.69, 9.17) is 0 Å². The molecule has 1 aromatic rings. The molecule has 3 heteroatoms. The third-order valence-corrected chi connectivity index (χ3v) is 4.79. The first-order valence-corrected chi connectivity index (χ1v) is 8.20. The molecule has 1 fully saturated rings. The molecule has 1 N–H and O–H groups in total. The lowest BCUT2D eigenvalue weighted by atomic mass is 9.81. The molecule has 2 unspecified atom stereocenters. The summed E-state index contributed by atoms with van der Waals surface area (Å²) in [5, 5.41) is 3.56. The Bertz CT molecular complexity index is 418. The van der Waals surface area contributed by atoms with Crippen LogP contribution in [0.2, 0.25) is 0 Å². The average molecular weight is 289 g/mol. The zero-order chi connectivity index (χ0) is 15.3. The first-order valence-electron chi connectivity index (χ1n) is 8.20. The average Bonchev–Trinajstić information content (AvgIpc) is 2.95. The smallest absolute Gasteiger partial charge is 0.0229 e. The van der Waals surface area contributed by atoms with Crippen LogP contribution in [0.15, 0.2) is 30.3 Å². The number of nitrogens with one attached hydrogen (secondary N) is 1. The molecule has 21 heavy (non-hydrogen) atoms. The SMILES string of the molecule is CCNCC(C)(CN1CCC(N(C)C)C1)c1ccccc1. The molecule has 0 saturated carbocycles. The van der Waals surface area contributed by atoms with Crippen LogP contribution in [0.25, 0.3) is 0 Å². The summed E-state index contributed by atoms with van der Waals surface area (Å²) >= 11 is 0. The zero-order valence-corrected chi connectivity index (χ0v) is 14.1. The van der Waals surface area contributed by atoms with Gasteiger partial charge in [-0.2, -0.15) is 0 Å². The Kier molecular flexibility index (Phi) is 5.80. The van der Waals surface area contributed by atoms with Crippen molar-refractivity contribution >= 4 is 0 Å². The number of rotatable bonds is 7. The molecule has 2 atom stereocenters. The molecule has 2 rings (SSSR count). The molecule has 0 spiro atoms. The molecule has 1 heterocycles. The summed E-state index contributed by atoms with van der Waals surface area (Å²) in [6, 6.07) is 11.7. The van der Waals surface area contributed by atoms with E-state index >= 15 is 0 Å². The highest BCUT2D eigenvalue weighted by atomic mass is 15.2. The molecule has 1 aromatic carbocycles. The normalized spacial score (nSPS) is 22.6. The summed E-state index contributed by atoms with van der Waals surface area (Å²) in [6.45, 7) is 10.2. The van der Waals surface area contributed by atoms with Gasteiger partial charge in [-0.05, 0) is 39.2 Å². The van der Waals surface area contributed by atoms with Crippen molar-refractivity contribution in [3.63, 3.8) is 0 Å². The van der Waals surface area contributed by atoms with Gasteiger partial charge in [0.15, 0.2) is 0 Å². The highest BCUT2D eigenvalue weighted by molar-refractivity contribution is 5.25. The predicted molar refractivity (Wildman–Crippen MR) is 90.9 cm³/mol. The van der Waals surface area contributed by atoms with Crippen molar-refractivity contribution in [1.82, 2.24) is 15.1 Å². The van der Waals surface area contributed by atoms with Crippen molar-refractivity contribution in [3.8, 4) is 0 Å². The maximum absolute atomic E-state index is 3.56. The fourth-order valence-corrected chi connectivity index (χ4v) is 3.36. The first kappa shape index (κ1) is 16.5. The Morgan fingerprint density at radius 2 is 2.00 bits per heavy atom. The van der Waals surface area contributed by atoms with E-state index in [1.54, 1.807) is 0 Å². The molecule has 3 nitrogen and oxygen atoms in total. The molecule has 1 aliphatic heterocycles. The van der Waals surface area contributed by atoms with Gasteiger partial charge in [0, 0.05) is 31.1 Å². The van der Waals surface area contributed by atoms with Gasteiger partial charge in [-0.25, -0.2) is 0 Å². The van der Waals surface area contributed by atoms with Gasteiger partial charge in [-0.15, -0.1) is 0 Å². The van der Waals surface area contributed by atoms with Crippen LogP contribution in [-0.2, 0) is 5.41 Å². The highest BCUT2D eigenvalue weighted by Crippen LogP contribution is 2.26. The molecule has 1 saturated heterocycles. The Hall–Kier alpha value is -0.900. The van der Waals surface area contributed by atoms with Gasteiger partial charge in [-0.1, -0.05) is 44.2 Å². The quantitative estimate of drug-likeness (QED) is 0.830. The highest BCUT2D eigenvalue weighted by Gasteiger charge is 2.32. The molecular weight excluding hydrogens is 258 g/mol. The Morgan fingerprint density at radius 1 is 1.29 bits per heavy atom. The number of benzene rings is 1. The van der Waals surface area contributed by atoms with E-state index in [9.17, 15) is 0 Å². The van der Waals surface area contributed by atoms with Crippen molar-refractivity contribution in [2.75, 3.05) is 46.8 Å².